The van der Waals surface area contributed by atoms with E-state index in [0.29, 0.717) is 88.6 Å². The third kappa shape index (κ3) is 13.3. The van der Waals surface area contributed by atoms with Crippen LogP contribution < -0.4 is 31.9 Å². The number of rotatable bonds is 20. The molecule has 7 amide bonds. The summed E-state index contributed by atoms with van der Waals surface area (Å²) in [5.41, 5.74) is -0.214. The molecule has 4 aliphatic heterocycles. The maximum atomic E-state index is 13.4. The zero-order valence-electron chi connectivity index (χ0n) is 37.7. The third-order valence-electron chi connectivity index (χ3n) is 14.9. The molecule has 364 valence electrons. The fourth-order valence-electron chi connectivity index (χ4n) is 11.5. The minimum absolute atomic E-state index is 0.0135. The first-order chi connectivity index (χ1) is 31.2. The number of thioether (sulfide) groups is 1. The fourth-order valence-corrected chi connectivity index (χ4v) is 13.6. The van der Waals surface area contributed by atoms with Crippen LogP contribution in [-0.4, -0.2) is 154 Å². The van der Waals surface area contributed by atoms with Crippen LogP contribution in [0, 0.1) is 41.4 Å². The molecule has 0 aromatic heterocycles. The van der Waals surface area contributed by atoms with Crippen LogP contribution >= 0.6 is 11.8 Å². The molecule has 7 rings (SSSR count). The molecule has 65 heavy (non-hydrogen) atoms. The van der Waals surface area contributed by atoms with E-state index in [1.165, 1.54) is 42.8 Å². The molecule has 0 spiro atoms. The Balaban J connectivity index is 0.712. The zero-order valence-corrected chi connectivity index (χ0v) is 39.4. The second-order valence-electron chi connectivity index (χ2n) is 19.3. The topological polar surface area (TPSA) is 251 Å². The third-order valence-corrected chi connectivity index (χ3v) is 17.3. The molecule has 21 heteroatoms. The SMILES string of the molecule is CS(=O)(=O)N1CCC(C(=O)NCC(=O)NC2NC(C3CCCC(C4CCCC(CNC(=O)CCOCCOCCNC5CCCC6C(=O)N(C7CCC(=O)NC7=O)C(=O)C56)C4)C3)CS2)C1. The number of piperidine rings is 1. The summed E-state index contributed by atoms with van der Waals surface area (Å²) in [4.78, 5) is 89.7. The zero-order chi connectivity index (χ0) is 46.1. The minimum Gasteiger partial charge on any atom is -0.379 e. The highest BCUT2D eigenvalue weighted by Crippen LogP contribution is 2.44. The Morgan fingerprint density at radius 3 is 2.32 bits per heavy atom. The number of sulfonamides is 1. The van der Waals surface area contributed by atoms with Crippen LogP contribution in [0.3, 0.4) is 0 Å². The molecule has 3 saturated carbocycles. The molecule has 19 nitrogen and oxygen atoms in total. The Morgan fingerprint density at radius 2 is 1.55 bits per heavy atom. The number of hydrogen-bond donors (Lipinski definition) is 6. The lowest BCUT2D eigenvalue weighted by molar-refractivity contribution is -0.151. The van der Waals surface area contributed by atoms with Crippen molar-refractivity contribution in [2.45, 2.75) is 120 Å². The van der Waals surface area contributed by atoms with Crippen molar-refractivity contribution in [1.29, 1.82) is 0 Å². The van der Waals surface area contributed by atoms with Gasteiger partial charge in [0.25, 0.3) is 0 Å². The smallest absolute Gasteiger partial charge is 0.249 e. The Bertz CT molecular complexity index is 1860. The molecule has 11 unspecified atom stereocenters. The van der Waals surface area contributed by atoms with Crippen LogP contribution in [0.4, 0.5) is 0 Å². The number of nitrogens with one attached hydrogen (secondary N) is 6. The van der Waals surface area contributed by atoms with Gasteiger partial charge in [0, 0.05) is 56.9 Å². The molecule has 7 aliphatic rings. The summed E-state index contributed by atoms with van der Waals surface area (Å²) in [5, 5.41) is 18.1. The quantitative estimate of drug-likeness (QED) is 0.0705. The van der Waals surface area contributed by atoms with E-state index in [9.17, 15) is 42.0 Å². The summed E-state index contributed by atoms with van der Waals surface area (Å²) in [7, 11) is -3.34. The van der Waals surface area contributed by atoms with E-state index in [2.05, 4.69) is 31.9 Å². The molecule has 0 aromatic carbocycles. The van der Waals surface area contributed by atoms with E-state index >= 15 is 0 Å². The Kier molecular flexibility index (Phi) is 17.7. The van der Waals surface area contributed by atoms with E-state index in [1.54, 1.807) is 11.8 Å². The predicted octanol–water partition coefficient (Wildman–Crippen LogP) is 0.190. The lowest BCUT2D eigenvalue weighted by atomic mass is 9.67. The van der Waals surface area contributed by atoms with Crippen LogP contribution in [0.15, 0.2) is 0 Å². The molecule has 0 aromatic rings. The van der Waals surface area contributed by atoms with Crippen molar-refractivity contribution >= 4 is 63.1 Å². The van der Waals surface area contributed by atoms with Gasteiger partial charge in [-0.1, -0.05) is 32.1 Å². The highest BCUT2D eigenvalue weighted by atomic mass is 32.2. The van der Waals surface area contributed by atoms with E-state index < -0.39 is 39.7 Å². The number of imide groups is 2. The average molecular weight is 951 g/mol. The van der Waals surface area contributed by atoms with Gasteiger partial charge in [-0.3, -0.25) is 49.1 Å². The van der Waals surface area contributed by atoms with Crippen molar-refractivity contribution in [1.82, 2.24) is 41.1 Å². The van der Waals surface area contributed by atoms with Crippen molar-refractivity contribution in [3.63, 3.8) is 0 Å². The molecule has 4 saturated heterocycles. The van der Waals surface area contributed by atoms with Crippen LogP contribution in [0.25, 0.3) is 0 Å². The van der Waals surface area contributed by atoms with Crippen LogP contribution in [0.5, 0.6) is 0 Å². The lowest BCUT2D eigenvalue weighted by Crippen LogP contribution is -2.55. The van der Waals surface area contributed by atoms with Crippen LogP contribution in [0.1, 0.15) is 96.3 Å². The summed E-state index contributed by atoms with van der Waals surface area (Å²) >= 11 is 1.68. The summed E-state index contributed by atoms with van der Waals surface area (Å²) < 4.78 is 36.3. The largest absolute Gasteiger partial charge is 0.379 e. The molecule has 7 fully saturated rings. The van der Waals surface area contributed by atoms with Gasteiger partial charge in [-0.15, -0.1) is 11.8 Å². The van der Waals surface area contributed by atoms with E-state index in [4.69, 9.17) is 9.47 Å². The van der Waals surface area contributed by atoms with Gasteiger partial charge >= 0.3 is 0 Å². The second-order valence-corrected chi connectivity index (χ2v) is 22.4. The van der Waals surface area contributed by atoms with Gasteiger partial charge in [0.1, 0.15) is 11.5 Å². The van der Waals surface area contributed by atoms with Crippen molar-refractivity contribution < 1.29 is 51.5 Å². The molecular formula is C44H70N8O11S2. The van der Waals surface area contributed by atoms with Crippen molar-refractivity contribution in [2.75, 3.05) is 71.2 Å². The summed E-state index contributed by atoms with van der Waals surface area (Å²) in [6, 6.07) is -0.815. The average Bonchev–Trinajstić information content (AvgIpc) is 4.04. The van der Waals surface area contributed by atoms with E-state index in [1.807, 2.05) is 0 Å². The number of fused-ring (bicyclic) bond motifs is 1. The number of hydrogen-bond acceptors (Lipinski definition) is 14. The Labute approximate surface area is 386 Å². The van der Waals surface area contributed by atoms with Crippen molar-refractivity contribution in [3.8, 4) is 0 Å². The number of carbonyl (C=O) groups excluding carboxylic acids is 7. The Hall–Kier alpha value is -3.21. The number of nitrogens with zero attached hydrogens (tertiary/aromatic N) is 2. The molecule has 11 atom stereocenters. The first-order valence-electron chi connectivity index (χ1n) is 24.0. The number of carbonyl (C=O) groups is 7. The van der Waals surface area contributed by atoms with Gasteiger partial charge in [0.15, 0.2) is 0 Å². The molecule has 4 heterocycles. The van der Waals surface area contributed by atoms with Gasteiger partial charge in [0.05, 0.1) is 57.0 Å². The molecular weight excluding hydrogens is 881 g/mol. The van der Waals surface area contributed by atoms with E-state index in [-0.39, 0.29) is 79.3 Å². The van der Waals surface area contributed by atoms with Gasteiger partial charge in [-0.2, -0.15) is 0 Å². The highest BCUT2D eigenvalue weighted by molar-refractivity contribution is 8.00. The van der Waals surface area contributed by atoms with Gasteiger partial charge in [-0.25, -0.2) is 12.7 Å². The molecule has 0 bridgehead atoms. The van der Waals surface area contributed by atoms with Gasteiger partial charge in [-0.05, 0) is 75.0 Å². The maximum absolute atomic E-state index is 13.4. The standard InChI is InChI=1S/C44H70N8O11S2/c1-65(60,61)51-16-13-31(25-51)40(56)47-24-38(55)50-44-48-34(26-64-44)30-8-3-7-29(22-30)28-6-2-5-27(21-28)23-46-36(53)14-17-62-19-20-63-18-15-45-33-10-4-9-32-39(33)43(59)52(42(32)58)35-11-12-37(54)49-41(35)57/h27-35,39,44-45,48H,2-26H2,1H3,(H,46,53)(H,47,56)(H,50,55)(H,49,54,57). The van der Waals surface area contributed by atoms with Crippen LogP contribution in [-0.2, 0) is 53.1 Å². The summed E-state index contributed by atoms with van der Waals surface area (Å²) in [6.07, 6.45) is 13.7. The fraction of sp³-hybridized carbons (Fsp3) is 0.841. The number of amides is 7. The van der Waals surface area contributed by atoms with Crippen LogP contribution in [0.2, 0.25) is 0 Å². The minimum atomic E-state index is -3.34. The first kappa shape index (κ1) is 49.7. The normalized spacial score (nSPS) is 33.4. The van der Waals surface area contributed by atoms with Crippen molar-refractivity contribution in [3.05, 3.63) is 0 Å². The summed E-state index contributed by atoms with van der Waals surface area (Å²) in [5.74, 6) is -0.419. The number of ether oxygens (including phenoxy) is 2. The highest BCUT2D eigenvalue weighted by Gasteiger charge is 2.55. The van der Waals surface area contributed by atoms with Crippen molar-refractivity contribution in [2.24, 2.45) is 41.4 Å². The molecule has 0 radical (unpaired) electrons. The molecule has 3 aliphatic carbocycles. The van der Waals surface area contributed by atoms with E-state index in [0.717, 1.165) is 42.6 Å². The summed E-state index contributed by atoms with van der Waals surface area (Å²) in [6.45, 7) is 2.89. The Morgan fingerprint density at radius 1 is 0.815 bits per heavy atom. The molecule has 6 N–H and O–H groups in total. The monoisotopic (exact) mass is 950 g/mol. The first-order valence-corrected chi connectivity index (χ1v) is 26.9. The second kappa shape index (κ2) is 23.2. The number of likely N-dealkylation sites (tertiary alicyclic amines) is 1. The predicted molar refractivity (Wildman–Crippen MR) is 240 cm³/mol. The van der Waals surface area contributed by atoms with Gasteiger partial charge in [0.2, 0.25) is 51.4 Å². The maximum Gasteiger partial charge on any atom is 0.249 e. The van der Waals surface area contributed by atoms with Gasteiger partial charge < -0.3 is 30.7 Å². The lowest BCUT2D eigenvalue weighted by Gasteiger charge is -2.40.